The van der Waals surface area contributed by atoms with E-state index in [1.165, 1.54) is 63.5 Å². The van der Waals surface area contributed by atoms with Crippen molar-refractivity contribution in [1.82, 2.24) is 0 Å². The Balaban J connectivity index is 0.000000375. The monoisotopic (exact) mass is 1010 g/mol. The summed E-state index contributed by atoms with van der Waals surface area (Å²) >= 11 is 0. The number of hydrogen-bond acceptors (Lipinski definition) is 4. The number of carbonyl (C=O) groups is 2. The molecule has 4 nitrogen and oxygen atoms in total. The quantitative estimate of drug-likeness (QED) is 0.0309. The molecule has 0 aliphatic heterocycles. The van der Waals surface area contributed by atoms with E-state index in [0.29, 0.717) is 30.4 Å². The topological polar surface area (TPSA) is 52.6 Å². The number of benzene rings is 4. The molecular weight excluding hydrogens is 939 g/mol. The lowest BCUT2D eigenvalue weighted by atomic mass is 9.99. The summed E-state index contributed by atoms with van der Waals surface area (Å²) in [7, 11) is 0. The normalized spacial score (nSPS) is 12.5. The van der Waals surface area contributed by atoms with Gasteiger partial charge in [-0.15, -0.1) is 0 Å². The van der Waals surface area contributed by atoms with E-state index in [0.717, 1.165) is 74.6 Å². The summed E-state index contributed by atoms with van der Waals surface area (Å²) in [5.74, 6) is -8.66. The Kier molecular flexibility index (Phi) is 26.9. The number of hydrogen-bond donors (Lipinski definition) is 0. The van der Waals surface area contributed by atoms with Gasteiger partial charge in [0, 0.05) is 11.1 Å². The standard InChI is InChI=1S/C29H37F5O2.C28H35F5O2/c1-3-5-7-9-10-11-13-21-15-17-22(18-16-21)23-19-20-24(27(31)26(23)30)28(35)36-25(29(32,33)34)14-12-8-6-4-2;1-3-5-7-8-9-11-12-20-14-16-21(17-15-20)22-18-19-23(26(30)25(22)29)27(34)35-24(28(31,32)33)13-10-6-4-2/h15-20,25H,3-14H2,1-2H3;14-19,24H,3-13H2,1-2H3. The molecule has 0 radical (unpaired) electrons. The summed E-state index contributed by atoms with van der Waals surface area (Å²) < 4.78 is 148. The molecule has 0 spiro atoms. The summed E-state index contributed by atoms with van der Waals surface area (Å²) in [5, 5.41) is 0. The Labute approximate surface area is 414 Å². The second-order valence-electron chi connectivity index (χ2n) is 18.2. The number of ether oxygens (including phenoxy) is 2. The molecule has 0 saturated carbocycles. The fourth-order valence-corrected chi connectivity index (χ4v) is 8.08. The Morgan fingerprint density at radius 3 is 1.03 bits per heavy atom. The van der Waals surface area contributed by atoms with Gasteiger partial charge >= 0.3 is 24.3 Å². The second-order valence-corrected chi connectivity index (χ2v) is 18.2. The average Bonchev–Trinajstić information content (AvgIpc) is 3.33. The largest absolute Gasteiger partial charge is 0.449 e. The molecule has 0 heterocycles. The van der Waals surface area contributed by atoms with E-state index >= 15 is 0 Å². The average molecular weight is 1010 g/mol. The lowest BCUT2D eigenvalue weighted by Gasteiger charge is -2.21. The van der Waals surface area contributed by atoms with Gasteiger partial charge in [-0.3, -0.25) is 0 Å². The van der Waals surface area contributed by atoms with E-state index < -0.39 is 83.7 Å². The minimum absolute atomic E-state index is 0.0675. The van der Waals surface area contributed by atoms with Crippen LogP contribution in [-0.2, 0) is 22.3 Å². The maximum atomic E-state index is 14.8. The Hall–Kier alpha value is -4.88. The molecular formula is C57H72F10O4. The van der Waals surface area contributed by atoms with Crippen LogP contribution in [0.2, 0.25) is 0 Å². The van der Waals surface area contributed by atoms with E-state index in [4.69, 9.17) is 0 Å². The SMILES string of the molecule is CCCCCCCCc1ccc(-c2ccc(C(=O)OC(CCCCC)C(F)(F)F)c(F)c2F)cc1.CCCCCCCCc1ccc(-c2ccc(C(=O)OC(CCCCCC)C(F)(F)F)c(F)c2F)cc1. The van der Waals surface area contributed by atoms with Gasteiger partial charge in [0.25, 0.3) is 0 Å². The maximum Gasteiger partial charge on any atom is 0.425 e. The summed E-state index contributed by atoms with van der Waals surface area (Å²) in [6, 6.07) is 18.5. The predicted molar refractivity (Wildman–Crippen MR) is 261 cm³/mol. The van der Waals surface area contributed by atoms with Crippen molar-refractivity contribution in [2.24, 2.45) is 0 Å². The van der Waals surface area contributed by atoms with Crippen molar-refractivity contribution in [2.45, 2.75) is 200 Å². The van der Waals surface area contributed by atoms with Crippen molar-refractivity contribution in [2.75, 3.05) is 0 Å². The third-order valence-electron chi connectivity index (χ3n) is 12.4. The van der Waals surface area contributed by atoms with Gasteiger partial charge in [0.1, 0.15) is 0 Å². The van der Waals surface area contributed by atoms with Crippen molar-refractivity contribution in [1.29, 1.82) is 0 Å². The molecule has 0 bridgehead atoms. The van der Waals surface area contributed by atoms with E-state index in [1.54, 1.807) is 24.3 Å². The zero-order chi connectivity index (χ0) is 52.4. The minimum Gasteiger partial charge on any atom is -0.449 e. The highest BCUT2D eigenvalue weighted by atomic mass is 19.4. The van der Waals surface area contributed by atoms with Crippen LogP contribution in [0.5, 0.6) is 0 Å². The van der Waals surface area contributed by atoms with E-state index in [9.17, 15) is 53.5 Å². The van der Waals surface area contributed by atoms with Crippen molar-refractivity contribution in [3.63, 3.8) is 0 Å². The van der Waals surface area contributed by atoms with Gasteiger partial charge in [0.2, 0.25) is 0 Å². The second kappa shape index (κ2) is 31.5. The predicted octanol–water partition coefficient (Wildman–Crippen LogP) is 18.8. The first-order valence-corrected chi connectivity index (χ1v) is 25.6. The maximum absolute atomic E-state index is 14.8. The molecule has 71 heavy (non-hydrogen) atoms. The fraction of sp³-hybridized carbons (Fsp3) is 0.544. The molecule has 0 amide bonds. The molecule has 0 fully saturated rings. The highest BCUT2D eigenvalue weighted by Gasteiger charge is 2.44. The van der Waals surface area contributed by atoms with Crippen LogP contribution >= 0.6 is 0 Å². The van der Waals surface area contributed by atoms with Crippen molar-refractivity contribution in [3.8, 4) is 22.3 Å². The van der Waals surface area contributed by atoms with Crippen LogP contribution in [-0.4, -0.2) is 36.5 Å². The van der Waals surface area contributed by atoms with Crippen LogP contribution in [0.15, 0.2) is 72.8 Å². The van der Waals surface area contributed by atoms with E-state index in [-0.39, 0.29) is 24.0 Å². The molecule has 4 rings (SSSR count). The molecule has 14 heteroatoms. The van der Waals surface area contributed by atoms with Gasteiger partial charge in [0.05, 0.1) is 11.1 Å². The number of carbonyl (C=O) groups excluding carboxylic acids is 2. The number of aryl methyl sites for hydroxylation is 2. The Morgan fingerprint density at radius 2 is 0.690 bits per heavy atom. The van der Waals surface area contributed by atoms with Gasteiger partial charge in [-0.05, 0) is 85.8 Å². The lowest BCUT2D eigenvalue weighted by Crippen LogP contribution is -2.34. The van der Waals surface area contributed by atoms with E-state index in [2.05, 4.69) is 23.3 Å². The molecule has 0 saturated heterocycles. The number of halogens is 10. The molecule has 2 atom stereocenters. The molecule has 4 aromatic carbocycles. The first-order chi connectivity index (χ1) is 33.9. The van der Waals surface area contributed by atoms with Crippen LogP contribution < -0.4 is 0 Å². The molecule has 394 valence electrons. The molecule has 0 aliphatic rings. The van der Waals surface area contributed by atoms with Crippen molar-refractivity contribution < 1.29 is 63.0 Å². The summed E-state index contributed by atoms with van der Waals surface area (Å²) in [6.45, 7) is 8.11. The highest BCUT2D eigenvalue weighted by molar-refractivity contribution is 5.91. The zero-order valence-electron chi connectivity index (χ0n) is 41.8. The van der Waals surface area contributed by atoms with Crippen LogP contribution in [0.4, 0.5) is 43.9 Å². The Morgan fingerprint density at radius 1 is 0.394 bits per heavy atom. The van der Waals surface area contributed by atoms with Crippen LogP contribution in [0.3, 0.4) is 0 Å². The Bertz CT molecular complexity index is 2170. The van der Waals surface area contributed by atoms with Crippen LogP contribution in [0.25, 0.3) is 22.3 Å². The van der Waals surface area contributed by atoms with Gasteiger partial charge in [-0.25, -0.2) is 27.2 Å². The lowest BCUT2D eigenvalue weighted by molar-refractivity contribution is -0.206. The van der Waals surface area contributed by atoms with Gasteiger partial charge in [0.15, 0.2) is 35.5 Å². The third kappa shape index (κ3) is 20.6. The minimum atomic E-state index is -4.78. The van der Waals surface area contributed by atoms with Crippen LogP contribution in [0, 0.1) is 23.3 Å². The van der Waals surface area contributed by atoms with Gasteiger partial charge in [-0.1, -0.05) is 185 Å². The third-order valence-corrected chi connectivity index (χ3v) is 12.4. The van der Waals surface area contributed by atoms with Crippen LogP contribution in [0.1, 0.15) is 194 Å². The smallest absolute Gasteiger partial charge is 0.425 e. The fourth-order valence-electron chi connectivity index (χ4n) is 8.08. The first kappa shape index (κ1) is 60.4. The summed E-state index contributed by atoms with van der Waals surface area (Å²) in [6.07, 6.45) is 4.68. The number of unbranched alkanes of at least 4 members (excludes halogenated alkanes) is 15. The summed E-state index contributed by atoms with van der Waals surface area (Å²) in [4.78, 5) is 24.6. The molecule has 0 aromatic heterocycles. The number of esters is 2. The molecule has 4 aromatic rings. The molecule has 2 unspecified atom stereocenters. The zero-order valence-corrected chi connectivity index (χ0v) is 41.8. The number of rotatable bonds is 29. The van der Waals surface area contributed by atoms with Gasteiger partial charge < -0.3 is 9.47 Å². The highest BCUT2D eigenvalue weighted by Crippen LogP contribution is 2.33. The van der Waals surface area contributed by atoms with Crippen molar-refractivity contribution in [3.05, 3.63) is 118 Å². The number of alkyl halides is 6. The van der Waals surface area contributed by atoms with Crippen molar-refractivity contribution >= 4 is 11.9 Å². The van der Waals surface area contributed by atoms with E-state index in [1.807, 2.05) is 38.1 Å². The summed E-state index contributed by atoms with van der Waals surface area (Å²) in [5.41, 5.74) is 1.18. The van der Waals surface area contributed by atoms with Gasteiger partial charge in [-0.2, -0.15) is 26.3 Å². The molecule has 0 N–H and O–H groups in total. The first-order valence-electron chi connectivity index (χ1n) is 25.6. The molecule has 0 aliphatic carbocycles.